The molecule has 2 aromatic carbocycles. The second kappa shape index (κ2) is 7.25. The molecule has 2 heterocycles. The Morgan fingerprint density at radius 3 is 2.66 bits per heavy atom. The van der Waals surface area contributed by atoms with E-state index in [1.807, 2.05) is 32.2 Å². The molecule has 29 heavy (non-hydrogen) atoms. The van der Waals surface area contributed by atoms with Gasteiger partial charge in [-0.15, -0.1) is 0 Å². The molecule has 146 valence electrons. The summed E-state index contributed by atoms with van der Waals surface area (Å²) >= 11 is 1.29. The highest BCUT2D eigenvalue weighted by Crippen LogP contribution is 2.35. The average molecular weight is 405 g/mol. The lowest BCUT2D eigenvalue weighted by Crippen LogP contribution is -2.23. The summed E-state index contributed by atoms with van der Waals surface area (Å²) in [4.78, 5) is 30.5. The van der Waals surface area contributed by atoms with Crippen LogP contribution in [0.15, 0.2) is 58.4 Å². The number of benzene rings is 2. The molecular formula is C22H19N3O3S. The molecule has 1 aliphatic rings. The van der Waals surface area contributed by atoms with Crippen molar-refractivity contribution in [3.05, 3.63) is 70.3 Å². The number of thioether (sulfide) groups is 1. The Balaban J connectivity index is 1.73. The molecule has 0 saturated carbocycles. The molecule has 1 saturated heterocycles. The molecule has 1 amide bonds. The van der Waals surface area contributed by atoms with Gasteiger partial charge in [0.05, 0.1) is 16.2 Å². The molecule has 3 aromatic rings. The van der Waals surface area contributed by atoms with Gasteiger partial charge in [0.25, 0.3) is 5.91 Å². The van der Waals surface area contributed by atoms with Crippen molar-refractivity contribution in [3.63, 3.8) is 0 Å². The van der Waals surface area contributed by atoms with Gasteiger partial charge in [-0.2, -0.15) is 0 Å². The number of carboxylic acid groups (broad SMARTS) is 1. The van der Waals surface area contributed by atoms with Crippen LogP contribution in [0.25, 0.3) is 17.0 Å². The van der Waals surface area contributed by atoms with Crippen LogP contribution in [0.3, 0.4) is 0 Å². The number of nitrogens with zero attached hydrogens (tertiary/aromatic N) is 3. The van der Waals surface area contributed by atoms with Crippen molar-refractivity contribution in [1.29, 1.82) is 0 Å². The lowest BCUT2D eigenvalue weighted by Gasteiger charge is -2.07. The number of rotatable bonds is 3. The number of hydrogen-bond donors (Lipinski definition) is 1. The van der Waals surface area contributed by atoms with Crippen molar-refractivity contribution in [3.8, 4) is 0 Å². The smallest absolute Gasteiger partial charge is 0.335 e. The minimum absolute atomic E-state index is 0.129. The molecule has 1 N–H and O–H groups in total. The van der Waals surface area contributed by atoms with Gasteiger partial charge < -0.3 is 9.67 Å². The molecule has 0 radical (unpaired) electrons. The van der Waals surface area contributed by atoms with Gasteiger partial charge >= 0.3 is 5.97 Å². The third-order valence-electron chi connectivity index (χ3n) is 5.05. The number of hydrogen-bond acceptors (Lipinski definition) is 4. The first-order chi connectivity index (χ1) is 13.9. The van der Waals surface area contributed by atoms with Crippen LogP contribution >= 0.6 is 11.8 Å². The normalized spacial score (nSPS) is 17.1. The van der Waals surface area contributed by atoms with Crippen LogP contribution in [-0.2, 0) is 11.8 Å². The molecule has 4 rings (SSSR count). The summed E-state index contributed by atoms with van der Waals surface area (Å²) in [5, 5.41) is 10.8. The summed E-state index contributed by atoms with van der Waals surface area (Å²) in [6.07, 6.45) is 1.91. The summed E-state index contributed by atoms with van der Waals surface area (Å²) in [6, 6.07) is 14.5. The van der Waals surface area contributed by atoms with Gasteiger partial charge in [0.1, 0.15) is 0 Å². The lowest BCUT2D eigenvalue weighted by atomic mass is 10.1. The standard InChI is InChI=1S/C22H19N3O3S/c1-13-17(16-9-4-5-10-18(16)24(13)2)12-19-20(26)25(3)22(29-19)23-15-8-6-7-14(11-15)21(27)28/h4-12H,1-3H3,(H,27,28)/b19-12+,23-22?. The van der Waals surface area contributed by atoms with E-state index in [0.29, 0.717) is 15.8 Å². The lowest BCUT2D eigenvalue weighted by molar-refractivity contribution is -0.121. The Bertz CT molecular complexity index is 1220. The van der Waals surface area contributed by atoms with E-state index < -0.39 is 5.97 Å². The number of amides is 1. The summed E-state index contributed by atoms with van der Waals surface area (Å²) in [7, 11) is 3.68. The van der Waals surface area contributed by atoms with Gasteiger partial charge in [-0.05, 0) is 49.0 Å². The van der Waals surface area contributed by atoms with E-state index in [2.05, 4.69) is 21.7 Å². The molecule has 0 aliphatic carbocycles. The quantitative estimate of drug-likeness (QED) is 0.655. The van der Waals surface area contributed by atoms with Crippen LogP contribution in [0, 0.1) is 6.92 Å². The van der Waals surface area contributed by atoms with Crippen LogP contribution in [0.1, 0.15) is 21.6 Å². The summed E-state index contributed by atoms with van der Waals surface area (Å²) in [5.74, 6) is -1.14. The number of aryl methyl sites for hydroxylation is 1. The Kier molecular flexibility index (Phi) is 4.76. The van der Waals surface area contributed by atoms with Gasteiger partial charge in [-0.1, -0.05) is 24.3 Å². The summed E-state index contributed by atoms with van der Waals surface area (Å²) < 4.78 is 2.11. The number of likely N-dealkylation sites (N-methyl/N-ethyl adjacent to an activating group) is 1. The molecule has 0 spiro atoms. The van der Waals surface area contributed by atoms with E-state index in [1.54, 1.807) is 19.2 Å². The fourth-order valence-corrected chi connectivity index (χ4v) is 4.30. The van der Waals surface area contributed by atoms with Crippen LogP contribution in [0.5, 0.6) is 0 Å². The second-order valence-electron chi connectivity index (χ2n) is 6.80. The largest absolute Gasteiger partial charge is 0.478 e. The minimum atomic E-state index is -1.01. The number of fused-ring (bicyclic) bond motifs is 1. The van der Waals surface area contributed by atoms with Crippen LogP contribution in [0.4, 0.5) is 5.69 Å². The topological polar surface area (TPSA) is 74.9 Å². The van der Waals surface area contributed by atoms with Crippen molar-refractivity contribution >= 4 is 51.5 Å². The third kappa shape index (κ3) is 3.34. The van der Waals surface area contributed by atoms with Gasteiger partial charge in [0.15, 0.2) is 5.17 Å². The van der Waals surface area contributed by atoms with Crippen molar-refractivity contribution in [2.24, 2.45) is 12.0 Å². The number of para-hydroxylation sites is 1. The third-order valence-corrected chi connectivity index (χ3v) is 6.11. The SMILES string of the molecule is Cc1c(/C=C2/SC(=Nc3cccc(C(=O)O)c3)N(C)C2=O)c2ccccc2n1C. The van der Waals surface area contributed by atoms with E-state index in [4.69, 9.17) is 5.11 Å². The molecule has 7 heteroatoms. The maximum atomic E-state index is 12.8. The van der Waals surface area contributed by atoms with Gasteiger partial charge in [0, 0.05) is 36.3 Å². The predicted molar refractivity (Wildman–Crippen MR) is 116 cm³/mol. The molecule has 1 aromatic heterocycles. The number of aromatic nitrogens is 1. The number of amidine groups is 1. The van der Waals surface area contributed by atoms with E-state index in [-0.39, 0.29) is 11.5 Å². The van der Waals surface area contributed by atoms with E-state index in [1.165, 1.54) is 28.8 Å². The minimum Gasteiger partial charge on any atom is -0.478 e. The Labute approximate surface area is 172 Å². The van der Waals surface area contributed by atoms with Crippen LogP contribution < -0.4 is 0 Å². The van der Waals surface area contributed by atoms with Gasteiger partial charge in [-0.3, -0.25) is 9.69 Å². The molecule has 1 fully saturated rings. The van der Waals surface area contributed by atoms with Crippen LogP contribution in [-0.4, -0.2) is 38.7 Å². The molecular weight excluding hydrogens is 386 g/mol. The maximum Gasteiger partial charge on any atom is 0.335 e. The second-order valence-corrected chi connectivity index (χ2v) is 7.81. The Morgan fingerprint density at radius 2 is 1.90 bits per heavy atom. The predicted octanol–water partition coefficient (Wildman–Crippen LogP) is 4.42. The Hall–Kier alpha value is -3.32. The summed E-state index contributed by atoms with van der Waals surface area (Å²) in [5.41, 5.74) is 3.86. The molecule has 1 aliphatic heterocycles. The number of carboxylic acids is 1. The zero-order chi connectivity index (χ0) is 20.7. The highest BCUT2D eigenvalue weighted by Gasteiger charge is 2.31. The molecule has 0 atom stereocenters. The van der Waals surface area contributed by atoms with Gasteiger partial charge in [0.2, 0.25) is 0 Å². The highest BCUT2D eigenvalue weighted by molar-refractivity contribution is 8.18. The number of carbonyl (C=O) groups excluding carboxylic acids is 1. The van der Waals surface area contributed by atoms with E-state index in [0.717, 1.165) is 22.2 Å². The van der Waals surface area contributed by atoms with Crippen molar-refractivity contribution in [1.82, 2.24) is 9.47 Å². The highest BCUT2D eigenvalue weighted by atomic mass is 32.2. The molecule has 6 nitrogen and oxygen atoms in total. The number of aromatic carboxylic acids is 1. The van der Waals surface area contributed by atoms with E-state index >= 15 is 0 Å². The molecule has 0 bridgehead atoms. The first-order valence-electron chi connectivity index (χ1n) is 9.00. The first-order valence-corrected chi connectivity index (χ1v) is 9.82. The van der Waals surface area contributed by atoms with Gasteiger partial charge in [-0.25, -0.2) is 9.79 Å². The van der Waals surface area contributed by atoms with Crippen molar-refractivity contribution in [2.75, 3.05) is 7.05 Å². The number of carbonyl (C=O) groups is 2. The monoisotopic (exact) mass is 405 g/mol. The number of aliphatic imine (C=N–C) groups is 1. The Morgan fingerprint density at radius 1 is 1.14 bits per heavy atom. The van der Waals surface area contributed by atoms with Crippen molar-refractivity contribution < 1.29 is 14.7 Å². The van der Waals surface area contributed by atoms with E-state index in [9.17, 15) is 9.59 Å². The zero-order valence-electron chi connectivity index (χ0n) is 16.2. The fourth-order valence-electron chi connectivity index (χ4n) is 3.33. The summed E-state index contributed by atoms with van der Waals surface area (Å²) in [6.45, 7) is 2.03. The zero-order valence-corrected chi connectivity index (χ0v) is 17.0. The maximum absolute atomic E-state index is 12.8. The van der Waals surface area contributed by atoms with Crippen LogP contribution in [0.2, 0.25) is 0 Å². The fraction of sp³-hybridized carbons (Fsp3) is 0.136. The van der Waals surface area contributed by atoms with Crippen molar-refractivity contribution in [2.45, 2.75) is 6.92 Å². The molecule has 0 unspecified atom stereocenters. The average Bonchev–Trinajstić information content (AvgIpc) is 3.12. The first kappa shape index (κ1) is 19.0.